The van der Waals surface area contributed by atoms with Crippen LogP contribution in [0.1, 0.15) is 31.2 Å². The molecule has 0 amide bonds. The van der Waals surface area contributed by atoms with Crippen molar-refractivity contribution in [2.75, 3.05) is 24.1 Å². The van der Waals surface area contributed by atoms with Gasteiger partial charge in [0.15, 0.2) is 0 Å². The van der Waals surface area contributed by atoms with Crippen molar-refractivity contribution in [3.63, 3.8) is 0 Å². The Morgan fingerprint density at radius 1 is 1.28 bits per heavy atom. The molecule has 2 saturated heterocycles. The summed E-state index contributed by atoms with van der Waals surface area (Å²) in [5.41, 5.74) is 9.25. The molecular weight excluding hydrogens is 222 g/mol. The molecule has 3 heteroatoms. The van der Waals surface area contributed by atoms with Crippen molar-refractivity contribution < 1.29 is 0 Å². The number of nitrogen functional groups attached to an aromatic ring is 1. The molecule has 0 radical (unpaired) electrons. The number of benzene rings is 1. The lowest BCUT2D eigenvalue weighted by molar-refractivity contribution is 0.188. The summed E-state index contributed by atoms with van der Waals surface area (Å²) in [4.78, 5) is 2.66. The van der Waals surface area contributed by atoms with Crippen molar-refractivity contribution in [3.05, 3.63) is 23.8 Å². The molecule has 0 bridgehead atoms. The Balaban J connectivity index is 1.68. The van der Waals surface area contributed by atoms with Gasteiger partial charge in [-0.05, 0) is 56.8 Å². The zero-order valence-corrected chi connectivity index (χ0v) is 11.2. The Hall–Kier alpha value is -1.22. The van der Waals surface area contributed by atoms with E-state index < -0.39 is 0 Å². The predicted octanol–water partition coefficient (Wildman–Crippen LogP) is 2.62. The topological polar surface area (TPSA) is 41.3 Å². The van der Waals surface area contributed by atoms with Crippen molar-refractivity contribution in [1.82, 2.24) is 4.90 Å². The molecule has 0 saturated carbocycles. The summed E-state index contributed by atoms with van der Waals surface area (Å²) in [6, 6.07) is 7.59. The van der Waals surface area contributed by atoms with Gasteiger partial charge in [-0.3, -0.25) is 0 Å². The summed E-state index contributed by atoms with van der Waals surface area (Å²) in [5.74, 6) is 0. The Morgan fingerprint density at radius 2 is 2.17 bits per heavy atom. The van der Waals surface area contributed by atoms with Gasteiger partial charge in [-0.25, -0.2) is 0 Å². The molecule has 0 aromatic heterocycles. The molecule has 3 nitrogen and oxygen atoms in total. The average molecular weight is 245 g/mol. The van der Waals surface area contributed by atoms with Crippen LogP contribution in [0.2, 0.25) is 0 Å². The van der Waals surface area contributed by atoms with E-state index in [0.29, 0.717) is 6.04 Å². The summed E-state index contributed by atoms with van der Waals surface area (Å²) in [7, 11) is 0. The zero-order valence-electron chi connectivity index (χ0n) is 11.2. The molecule has 0 spiro atoms. The smallest absolute Gasteiger partial charge is 0.0392 e. The molecule has 2 fully saturated rings. The molecule has 2 aliphatic heterocycles. The van der Waals surface area contributed by atoms with E-state index in [1.165, 1.54) is 50.0 Å². The third-order valence-electron chi connectivity index (χ3n) is 4.56. The number of nitrogens with two attached hydrogens (primary N) is 1. The lowest BCUT2D eigenvalue weighted by atomic mass is 9.97. The van der Waals surface area contributed by atoms with Crippen LogP contribution in [0.25, 0.3) is 0 Å². The van der Waals surface area contributed by atoms with Crippen LogP contribution in [0.4, 0.5) is 11.4 Å². The highest BCUT2D eigenvalue weighted by Crippen LogP contribution is 2.30. The second-order valence-corrected chi connectivity index (χ2v) is 5.72. The van der Waals surface area contributed by atoms with Crippen molar-refractivity contribution in [3.8, 4) is 0 Å². The second kappa shape index (κ2) is 4.81. The number of nitrogens with one attached hydrogen (secondary N) is 1. The van der Waals surface area contributed by atoms with Gasteiger partial charge in [0.1, 0.15) is 0 Å². The fraction of sp³-hybridized carbons (Fsp3) is 0.600. The summed E-state index contributed by atoms with van der Waals surface area (Å²) in [6.45, 7) is 4.67. The summed E-state index contributed by atoms with van der Waals surface area (Å²) < 4.78 is 0. The minimum absolute atomic E-state index is 0.616. The van der Waals surface area contributed by atoms with E-state index in [-0.39, 0.29) is 0 Å². The molecule has 98 valence electrons. The first-order chi connectivity index (χ1) is 8.74. The number of piperidine rings is 1. The van der Waals surface area contributed by atoms with Gasteiger partial charge in [0.2, 0.25) is 0 Å². The molecule has 2 unspecified atom stereocenters. The monoisotopic (exact) mass is 245 g/mol. The number of nitrogens with zero attached hydrogens (tertiary/aromatic N) is 1. The van der Waals surface area contributed by atoms with Gasteiger partial charge in [0.05, 0.1) is 0 Å². The van der Waals surface area contributed by atoms with Crippen LogP contribution in [0.15, 0.2) is 18.2 Å². The van der Waals surface area contributed by atoms with Crippen LogP contribution < -0.4 is 11.1 Å². The maximum Gasteiger partial charge on any atom is 0.0392 e. The van der Waals surface area contributed by atoms with Crippen LogP contribution in [0.5, 0.6) is 0 Å². The van der Waals surface area contributed by atoms with E-state index in [0.717, 1.165) is 11.7 Å². The average Bonchev–Trinajstić information content (AvgIpc) is 2.82. The molecule has 18 heavy (non-hydrogen) atoms. The lowest BCUT2D eigenvalue weighted by Crippen LogP contribution is -2.42. The maximum atomic E-state index is 5.96. The van der Waals surface area contributed by atoms with E-state index in [2.05, 4.69) is 23.2 Å². The van der Waals surface area contributed by atoms with Crippen molar-refractivity contribution in [2.45, 2.75) is 44.7 Å². The molecule has 3 N–H and O–H groups in total. The fourth-order valence-electron chi connectivity index (χ4n) is 3.39. The number of anilines is 2. The van der Waals surface area contributed by atoms with Gasteiger partial charge in [0, 0.05) is 30.0 Å². The Bertz CT molecular complexity index is 430. The Morgan fingerprint density at radius 3 is 3.06 bits per heavy atom. The third kappa shape index (κ3) is 2.19. The molecule has 0 aliphatic carbocycles. The van der Waals surface area contributed by atoms with Crippen LogP contribution >= 0.6 is 0 Å². The minimum atomic E-state index is 0.616. The third-order valence-corrected chi connectivity index (χ3v) is 4.56. The molecule has 2 heterocycles. The molecule has 1 aromatic carbocycles. The highest BCUT2D eigenvalue weighted by atomic mass is 15.2. The molecule has 3 rings (SSSR count). The van der Waals surface area contributed by atoms with E-state index >= 15 is 0 Å². The minimum Gasteiger partial charge on any atom is -0.398 e. The Kier molecular flexibility index (Phi) is 3.16. The lowest BCUT2D eigenvalue weighted by Gasteiger charge is -2.35. The first-order valence-electron chi connectivity index (χ1n) is 7.10. The van der Waals surface area contributed by atoms with E-state index in [1.54, 1.807) is 0 Å². The van der Waals surface area contributed by atoms with Crippen molar-refractivity contribution >= 4 is 11.4 Å². The van der Waals surface area contributed by atoms with Gasteiger partial charge >= 0.3 is 0 Å². The standard InChI is InChI=1S/C15H23N3/c1-11-14(16)5-2-6-15(11)17-12-7-9-18-8-3-4-13(18)10-12/h2,5-6,12-13,17H,3-4,7-10,16H2,1H3. The zero-order chi connectivity index (χ0) is 12.5. The van der Waals surface area contributed by atoms with Gasteiger partial charge in [-0.15, -0.1) is 0 Å². The molecule has 2 aliphatic rings. The van der Waals surface area contributed by atoms with Crippen LogP contribution in [0, 0.1) is 6.92 Å². The SMILES string of the molecule is Cc1c(N)cccc1NC1CCN2CCCC2C1. The highest BCUT2D eigenvalue weighted by molar-refractivity contribution is 5.63. The fourth-order valence-corrected chi connectivity index (χ4v) is 3.39. The summed E-state index contributed by atoms with van der Waals surface area (Å²) in [6.07, 6.45) is 5.31. The van der Waals surface area contributed by atoms with E-state index in [9.17, 15) is 0 Å². The van der Waals surface area contributed by atoms with Gasteiger partial charge in [-0.1, -0.05) is 6.07 Å². The largest absolute Gasteiger partial charge is 0.398 e. The van der Waals surface area contributed by atoms with E-state index in [1.807, 2.05) is 12.1 Å². The maximum absolute atomic E-state index is 5.96. The highest BCUT2D eigenvalue weighted by Gasteiger charge is 2.31. The summed E-state index contributed by atoms with van der Waals surface area (Å²) in [5, 5.41) is 3.70. The number of rotatable bonds is 2. The number of fused-ring (bicyclic) bond motifs is 1. The van der Waals surface area contributed by atoms with Gasteiger partial charge in [-0.2, -0.15) is 0 Å². The number of hydrogen-bond acceptors (Lipinski definition) is 3. The summed E-state index contributed by atoms with van der Waals surface area (Å²) >= 11 is 0. The van der Waals surface area contributed by atoms with Crippen molar-refractivity contribution in [1.29, 1.82) is 0 Å². The molecular formula is C15H23N3. The van der Waals surface area contributed by atoms with E-state index in [4.69, 9.17) is 5.73 Å². The van der Waals surface area contributed by atoms with Crippen LogP contribution in [-0.2, 0) is 0 Å². The van der Waals surface area contributed by atoms with Crippen LogP contribution in [0.3, 0.4) is 0 Å². The van der Waals surface area contributed by atoms with Gasteiger partial charge in [0.25, 0.3) is 0 Å². The van der Waals surface area contributed by atoms with Gasteiger partial charge < -0.3 is 16.0 Å². The predicted molar refractivity (Wildman–Crippen MR) is 76.8 cm³/mol. The van der Waals surface area contributed by atoms with Crippen molar-refractivity contribution in [2.24, 2.45) is 0 Å². The first kappa shape index (κ1) is 11.8. The molecule has 2 atom stereocenters. The molecule has 1 aromatic rings. The Labute approximate surface area is 109 Å². The normalized spacial score (nSPS) is 28.1. The first-order valence-corrected chi connectivity index (χ1v) is 7.10. The second-order valence-electron chi connectivity index (χ2n) is 5.72. The quantitative estimate of drug-likeness (QED) is 0.787. The van der Waals surface area contributed by atoms with Crippen LogP contribution in [-0.4, -0.2) is 30.1 Å². The number of hydrogen-bond donors (Lipinski definition) is 2.